The normalized spacial score (nSPS) is 20.3. The number of benzene rings is 2. The molecule has 5 nitrogen and oxygen atoms in total. The van der Waals surface area contributed by atoms with Crippen LogP contribution in [0.3, 0.4) is 0 Å². The van der Waals surface area contributed by atoms with Crippen LogP contribution in [-0.2, 0) is 5.41 Å². The molecule has 1 saturated heterocycles. The third-order valence-corrected chi connectivity index (χ3v) is 7.41. The molecule has 1 aliphatic rings. The van der Waals surface area contributed by atoms with E-state index in [9.17, 15) is 4.39 Å². The molecule has 32 heavy (non-hydrogen) atoms. The Morgan fingerprint density at radius 1 is 1.25 bits per heavy atom. The number of nitrogens with one attached hydrogen (secondary N) is 1. The smallest absolute Gasteiger partial charge is 0.173 e. The van der Waals surface area contributed by atoms with Crippen LogP contribution < -0.4 is 14.8 Å². The van der Waals surface area contributed by atoms with Crippen LogP contribution in [0.25, 0.3) is 0 Å². The number of aromatic nitrogens is 1. The van der Waals surface area contributed by atoms with Crippen molar-refractivity contribution in [3.05, 3.63) is 69.9 Å². The number of ether oxygens (including phenoxy) is 2. The number of rotatable bonds is 5. The fourth-order valence-electron chi connectivity index (χ4n) is 4.33. The van der Waals surface area contributed by atoms with Gasteiger partial charge in [0.15, 0.2) is 5.11 Å². The van der Waals surface area contributed by atoms with Crippen molar-refractivity contribution in [1.82, 2.24) is 9.88 Å². The average Bonchev–Trinajstić information content (AvgIpc) is 3.44. The first kappa shape index (κ1) is 22.5. The molecule has 2 heterocycles. The molecule has 168 valence electrons. The number of methoxy groups -OCH3 is 2. The molecule has 0 spiro atoms. The van der Waals surface area contributed by atoms with Crippen molar-refractivity contribution in [1.29, 1.82) is 0 Å². The molecule has 8 heteroatoms. The Morgan fingerprint density at radius 3 is 2.72 bits per heavy atom. The van der Waals surface area contributed by atoms with Gasteiger partial charge in [-0.25, -0.2) is 9.37 Å². The monoisotopic (exact) mass is 471 g/mol. The van der Waals surface area contributed by atoms with Crippen molar-refractivity contribution in [2.24, 2.45) is 0 Å². The van der Waals surface area contributed by atoms with Gasteiger partial charge in [0.05, 0.1) is 25.3 Å². The quantitative estimate of drug-likeness (QED) is 0.504. The molecule has 2 unspecified atom stereocenters. The van der Waals surface area contributed by atoms with Crippen molar-refractivity contribution in [2.45, 2.75) is 31.7 Å². The van der Waals surface area contributed by atoms with E-state index in [4.69, 9.17) is 21.7 Å². The lowest BCUT2D eigenvalue weighted by Crippen LogP contribution is -2.39. The highest BCUT2D eigenvalue weighted by Crippen LogP contribution is 2.45. The second-order valence-electron chi connectivity index (χ2n) is 8.06. The number of thiazole rings is 1. The van der Waals surface area contributed by atoms with Crippen LogP contribution >= 0.6 is 23.6 Å². The summed E-state index contributed by atoms with van der Waals surface area (Å²) in [5.74, 6) is 1.18. The Kier molecular flexibility index (Phi) is 6.35. The van der Waals surface area contributed by atoms with E-state index in [0.717, 1.165) is 22.7 Å². The summed E-state index contributed by atoms with van der Waals surface area (Å²) in [7, 11) is 3.24. The summed E-state index contributed by atoms with van der Waals surface area (Å²) in [6.07, 6.45) is 2.58. The largest absolute Gasteiger partial charge is 0.497 e. The Bertz CT molecular complexity index is 1120. The van der Waals surface area contributed by atoms with E-state index < -0.39 is 5.41 Å². The standard InChI is InChI=1S/C24H26FN3O2S2/c1-15-5-6-17(11-19(15)25)24(22-26-9-10-32-22)13-16(2)28(14-24)23(31)27-20-12-18(29-3)7-8-21(20)30-4/h5-12,16H,13-14H2,1-4H3,(H,27,31). The van der Waals surface area contributed by atoms with Gasteiger partial charge in [-0.2, -0.15) is 0 Å². The molecular weight excluding hydrogens is 445 g/mol. The average molecular weight is 472 g/mol. The summed E-state index contributed by atoms with van der Waals surface area (Å²) in [5, 5.41) is 6.84. The van der Waals surface area contributed by atoms with Crippen molar-refractivity contribution in [3.8, 4) is 11.5 Å². The summed E-state index contributed by atoms with van der Waals surface area (Å²) >= 11 is 7.41. The van der Waals surface area contributed by atoms with Crippen molar-refractivity contribution < 1.29 is 13.9 Å². The molecule has 3 aromatic rings. The Balaban J connectivity index is 1.67. The maximum atomic E-state index is 14.5. The van der Waals surface area contributed by atoms with Gasteiger partial charge in [-0.3, -0.25) is 0 Å². The lowest BCUT2D eigenvalue weighted by atomic mass is 9.78. The molecule has 4 rings (SSSR count). The van der Waals surface area contributed by atoms with Gasteiger partial charge in [0.1, 0.15) is 22.3 Å². The van der Waals surface area contributed by atoms with Crippen LogP contribution in [0.2, 0.25) is 0 Å². The van der Waals surface area contributed by atoms with Crippen molar-refractivity contribution in [2.75, 3.05) is 26.1 Å². The minimum atomic E-state index is -0.438. The molecule has 1 aliphatic heterocycles. The van der Waals surface area contributed by atoms with Crippen LogP contribution in [-0.4, -0.2) is 41.8 Å². The highest BCUT2D eigenvalue weighted by atomic mass is 32.1. The number of nitrogens with zero attached hydrogens (tertiary/aromatic N) is 2. The van der Waals surface area contributed by atoms with Gasteiger partial charge in [0.2, 0.25) is 0 Å². The number of hydrogen-bond donors (Lipinski definition) is 1. The van der Waals surface area contributed by atoms with Crippen LogP contribution in [0.1, 0.15) is 29.5 Å². The number of thiocarbonyl (C=S) groups is 1. The highest BCUT2D eigenvalue weighted by Gasteiger charge is 2.47. The van der Waals surface area contributed by atoms with Crippen molar-refractivity contribution in [3.63, 3.8) is 0 Å². The maximum absolute atomic E-state index is 14.5. The molecule has 0 radical (unpaired) electrons. The van der Waals surface area contributed by atoms with Gasteiger partial charge in [-0.15, -0.1) is 11.3 Å². The van der Waals surface area contributed by atoms with Gasteiger partial charge in [0.25, 0.3) is 0 Å². The summed E-state index contributed by atoms with van der Waals surface area (Å²) in [6.45, 7) is 4.51. The molecule has 2 atom stereocenters. The SMILES string of the molecule is COc1ccc(OC)c(NC(=S)N2CC(c3ccc(C)c(F)c3)(c3nccs3)CC2C)c1. The number of hydrogen-bond acceptors (Lipinski definition) is 5. The van der Waals surface area contributed by atoms with E-state index in [0.29, 0.717) is 28.7 Å². The predicted molar refractivity (Wildman–Crippen MR) is 131 cm³/mol. The van der Waals surface area contributed by atoms with Gasteiger partial charge >= 0.3 is 0 Å². The van der Waals surface area contributed by atoms with Crippen LogP contribution in [0.4, 0.5) is 10.1 Å². The molecule has 1 fully saturated rings. The summed E-state index contributed by atoms with van der Waals surface area (Å²) in [6, 6.07) is 11.2. The highest BCUT2D eigenvalue weighted by molar-refractivity contribution is 7.80. The number of halogens is 1. The topological polar surface area (TPSA) is 46.6 Å². The minimum Gasteiger partial charge on any atom is -0.497 e. The molecule has 2 aromatic carbocycles. The van der Waals surface area contributed by atoms with E-state index in [2.05, 4.69) is 22.1 Å². The second-order valence-corrected chi connectivity index (χ2v) is 9.34. The van der Waals surface area contributed by atoms with Gasteiger partial charge < -0.3 is 19.7 Å². The van der Waals surface area contributed by atoms with Gasteiger partial charge in [-0.05, 0) is 61.8 Å². The van der Waals surface area contributed by atoms with Gasteiger partial charge in [-0.1, -0.05) is 12.1 Å². The molecule has 0 amide bonds. The Morgan fingerprint density at radius 2 is 2.06 bits per heavy atom. The molecule has 1 N–H and O–H groups in total. The Labute approximate surface area is 197 Å². The van der Waals surface area contributed by atoms with Crippen LogP contribution in [0, 0.1) is 12.7 Å². The lowest BCUT2D eigenvalue weighted by molar-refractivity contribution is 0.403. The Hall–Kier alpha value is -2.71. The van der Waals surface area contributed by atoms with E-state index in [1.54, 1.807) is 44.7 Å². The van der Waals surface area contributed by atoms with E-state index in [1.165, 1.54) is 0 Å². The zero-order valence-corrected chi connectivity index (χ0v) is 20.1. The van der Waals surface area contributed by atoms with Crippen LogP contribution in [0.15, 0.2) is 48.0 Å². The molecule has 0 saturated carbocycles. The third kappa shape index (κ3) is 4.04. The zero-order valence-electron chi connectivity index (χ0n) is 18.5. The van der Waals surface area contributed by atoms with E-state index in [1.807, 2.05) is 35.7 Å². The molecule has 0 bridgehead atoms. The number of anilines is 1. The fourth-order valence-corrected chi connectivity index (χ4v) is 5.55. The lowest BCUT2D eigenvalue weighted by Gasteiger charge is -2.29. The number of aryl methyl sites for hydroxylation is 1. The van der Waals surface area contributed by atoms with E-state index >= 15 is 0 Å². The molecular formula is C24H26FN3O2S2. The molecule has 1 aromatic heterocycles. The van der Waals surface area contributed by atoms with Crippen molar-refractivity contribution >= 4 is 34.4 Å². The summed E-state index contributed by atoms with van der Waals surface area (Å²) < 4.78 is 25.4. The predicted octanol–water partition coefficient (Wildman–Crippen LogP) is 5.39. The fraction of sp³-hybridized carbons (Fsp3) is 0.333. The first-order valence-corrected chi connectivity index (χ1v) is 11.6. The first-order chi connectivity index (χ1) is 15.4. The minimum absolute atomic E-state index is 0.125. The van der Waals surface area contributed by atoms with E-state index in [-0.39, 0.29) is 11.9 Å². The first-order valence-electron chi connectivity index (χ1n) is 10.3. The second kappa shape index (κ2) is 9.03. The number of likely N-dealkylation sites (tertiary alicyclic amines) is 1. The summed E-state index contributed by atoms with van der Waals surface area (Å²) in [4.78, 5) is 6.78. The molecule has 0 aliphatic carbocycles. The van der Waals surface area contributed by atoms with Gasteiger partial charge in [0, 0.05) is 30.2 Å². The summed E-state index contributed by atoms with van der Waals surface area (Å²) in [5.41, 5.74) is 1.85. The van der Waals surface area contributed by atoms with Crippen LogP contribution in [0.5, 0.6) is 11.5 Å². The zero-order chi connectivity index (χ0) is 22.9. The maximum Gasteiger partial charge on any atom is 0.173 e. The third-order valence-electron chi connectivity index (χ3n) is 6.09.